The summed E-state index contributed by atoms with van der Waals surface area (Å²) in [4.78, 5) is 0. The maximum atomic E-state index is 10.3. The number of rotatable bonds is 5. The van der Waals surface area contributed by atoms with Crippen LogP contribution in [0.5, 0.6) is 5.75 Å². The first-order valence-electron chi connectivity index (χ1n) is 7.19. The van der Waals surface area contributed by atoms with Gasteiger partial charge in [0.1, 0.15) is 5.75 Å². The van der Waals surface area contributed by atoms with Crippen LogP contribution < -0.4 is 4.74 Å². The number of benzene rings is 1. The number of halogens is 1. The molecule has 1 aliphatic carbocycles. The summed E-state index contributed by atoms with van der Waals surface area (Å²) in [6.45, 7) is 0. The fourth-order valence-electron chi connectivity index (χ4n) is 3.05. The van der Waals surface area contributed by atoms with Gasteiger partial charge < -0.3 is 9.84 Å². The van der Waals surface area contributed by atoms with Crippen molar-refractivity contribution in [3.05, 3.63) is 28.2 Å². The summed E-state index contributed by atoms with van der Waals surface area (Å²) in [6, 6.07) is 5.96. The molecule has 106 valence electrons. The Bertz CT molecular complexity index is 400. The molecule has 0 amide bonds. The van der Waals surface area contributed by atoms with Crippen LogP contribution in [0.4, 0.5) is 0 Å². The Balaban J connectivity index is 1.93. The molecular weight excluding hydrogens is 304 g/mol. The van der Waals surface area contributed by atoms with Gasteiger partial charge in [-0.25, -0.2) is 0 Å². The lowest BCUT2D eigenvalue weighted by Gasteiger charge is -2.24. The van der Waals surface area contributed by atoms with Gasteiger partial charge >= 0.3 is 0 Å². The van der Waals surface area contributed by atoms with Crippen LogP contribution in [0.1, 0.15) is 44.1 Å². The Morgan fingerprint density at radius 2 is 2.05 bits per heavy atom. The van der Waals surface area contributed by atoms with Gasteiger partial charge in [0, 0.05) is 10.9 Å². The van der Waals surface area contributed by atoms with Crippen LogP contribution in [-0.2, 0) is 6.42 Å². The van der Waals surface area contributed by atoms with Crippen LogP contribution in [0, 0.1) is 5.92 Å². The highest BCUT2D eigenvalue weighted by Crippen LogP contribution is 2.30. The Hall–Kier alpha value is -0.540. The summed E-state index contributed by atoms with van der Waals surface area (Å²) >= 11 is 3.48. The van der Waals surface area contributed by atoms with Crippen molar-refractivity contribution in [2.24, 2.45) is 5.92 Å². The van der Waals surface area contributed by atoms with E-state index in [2.05, 4.69) is 15.9 Å². The van der Waals surface area contributed by atoms with Crippen molar-refractivity contribution in [2.45, 2.75) is 51.0 Å². The van der Waals surface area contributed by atoms with Crippen LogP contribution in [0.2, 0.25) is 0 Å². The van der Waals surface area contributed by atoms with Crippen molar-refractivity contribution < 1.29 is 9.84 Å². The molecule has 1 fully saturated rings. The number of methoxy groups -OCH3 is 1. The number of hydrogen-bond donors (Lipinski definition) is 1. The standard InChI is InChI=1S/C16H23BrO2/c1-19-16-8-7-14(17)10-13(16)11-15(18)9-12-5-3-2-4-6-12/h7-8,10,12,15,18H,2-6,9,11H2,1H3. The van der Waals surface area contributed by atoms with Crippen LogP contribution in [0.3, 0.4) is 0 Å². The van der Waals surface area contributed by atoms with Gasteiger partial charge in [-0.15, -0.1) is 0 Å². The lowest BCUT2D eigenvalue weighted by molar-refractivity contribution is 0.129. The second-order valence-corrected chi connectivity index (χ2v) is 6.47. The van der Waals surface area contributed by atoms with Gasteiger partial charge in [-0.1, -0.05) is 48.0 Å². The summed E-state index contributed by atoms with van der Waals surface area (Å²) in [7, 11) is 1.68. The zero-order valence-electron chi connectivity index (χ0n) is 11.6. The van der Waals surface area contributed by atoms with Crippen LogP contribution in [0.15, 0.2) is 22.7 Å². The normalized spacial score (nSPS) is 18.3. The van der Waals surface area contributed by atoms with E-state index in [-0.39, 0.29) is 6.10 Å². The molecule has 19 heavy (non-hydrogen) atoms. The third kappa shape index (κ3) is 4.50. The quantitative estimate of drug-likeness (QED) is 0.872. The second kappa shape index (κ2) is 7.30. The lowest BCUT2D eigenvalue weighted by atomic mass is 9.84. The number of aliphatic hydroxyl groups excluding tert-OH is 1. The van der Waals surface area contributed by atoms with Crippen LogP contribution in [-0.4, -0.2) is 18.3 Å². The first kappa shape index (κ1) is 14.9. The third-order valence-electron chi connectivity index (χ3n) is 4.03. The summed E-state index contributed by atoms with van der Waals surface area (Å²) < 4.78 is 6.39. The number of aliphatic hydroxyl groups is 1. The number of ether oxygens (including phenoxy) is 1. The van der Waals surface area contributed by atoms with Gasteiger partial charge in [0.05, 0.1) is 13.2 Å². The molecule has 1 atom stereocenters. The maximum absolute atomic E-state index is 10.3. The monoisotopic (exact) mass is 326 g/mol. The molecule has 1 aromatic rings. The van der Waals surface area contributed by atoms with E-state index in [0.717, 1.165) is 22.2 Å². The average molecular weight is 327 g/mol. The Kier molecular flexibility index (Phi) is 5.71. The predicted molar refractivity (Wildman–Crippen MR) is 81.6 cm³/mol. The molecule has 0 spiro atoms. The van der Waals surface area contributed by atoms with Crippen molar-refractivity contribution >= 4 is 15.9 Å². The summed E-state index contributed by atoms with van der Waals surface area (Å²) in [5.41, 5.74) is 1.08. The van der Waals surface area contributed by atoms with Crippen LogP contribution in [0.25, 0.3) is 0 Å². The summed E-state index contributed by atoms with van der Waals surface area (Å²) in [5, 5.41) is 10.3. The Morgan fingerprint density at radius 3 is 2.74 bits per heavy atom. The van der Waals surface area contributed by atoms with E-state index < -0.39 is 0 Å². The first-order chi connectivity index (χ1) is 9.19. The van der Waals surface area contributed by atoms with E-state index in [1.54, 1.807) is 7.11 Å². The topological polar surface area (TPSA) is 29.5 Å². The molecule has 1 aromatic carbocycles. The SMILES string of the molecule is COc1ccc(Br)cc1CC(O)CC1CCCCC1. The highest BCUT2D eigenvalue weighted by Gasteiger charge is 2.18. The summed E-state index contributed by atoms with van der Waals surface area (Å²) in [6.07, 6.45) is 7.95. The smallest absolute Gasteiger partial charge is 0.122 e. The molecule has 3 heteroatoms. The first-order valence-corrected chi connectivity index (χ1v) is 7.99. The molecule has 0 saturated heterocycles. The third-order valence-corrected chi connectivity index (χ3v) is 4.52. The zero-order chi connectivity index (χ0) is 13.7. The Morgan fingerprint density at radius 1 is 1.32 bits per heavy atom. The minimum atomic E-state index is -0.258. The van der Waals surface area contributed by atoms with Gasteiger partial charge in [-0.2, -0.15) is 0 Å². The fraction of sp³-hybridized carbons (Fsp3) is 0.625. The minimum absolute atomic E-state index is 0.258. The zero-order valence-corrected chi connectivity index (χ0v) is 13.2. The second-order valence-electron chi connectivity index (χ2n) is 5.55. The van der Waals surface area contributed by atoms with Gasteiger partial charge in [0.2, 0.25) is 0 Å². The van der Waals surface area contributed by atoms with Crippen molar-refractivity contribution in [1.29, 1.82) is 0 Å². The molecular formula is C16H23BrO2. The molecule has 1 saturated carbocycles. The highest BCUT2D eigenvalue weighted by molar-refractivity contribution is 9.10. The molecule has 0 radical (unpaired) electrons. The molecule has 1 N–H and O–H groups in total. The molecule has 2 nitrogen and oxygen atoms in total. The van der Waals surface area contributed by atoms with Crippen molar-refractivity contribution in [2.75, 3.05) is 7.11 Å². The molecule has 0 aliphatic heterocycles. The average Bonchev–Trinajstić information content (AvgIpc) is 2.40. The number of hydrogen-bond acceptors (Lipinski definition) is 2. The fourth-order valence-corrected chi connectivity index (χ4v) is 3.46. The van der Waals surface area contributed by atoms with E-state index in [1.807, 2.05) is 18.2 Å². The molecule has 0 aromatic heterocycles. The minimum Gasteiger partial charge on any atom is -0.496 e. The van der Waals surface area contributed by atoms with E-state index in [4.69, 9.17) is 4.74 Å². The van der Waals surface area contributed by atoms with Crippen molar-refractivity contribution in [1.82, 2.24) is 0 Å². The molecule has 2 rings (SSSR count). The van der Waals surface area contributed by atoms with E-state index in [1.165, 1.54) is 32.1 Å². The summed E-state index contributed by atoms with van der Waals surface area (Å²) in [5.74, 6) is 1.58. The van der Waals surface area contributed by atoms with Gasteiger partial charge in [-0.05, 0) is 36.1 Å². The van der Waals surface area contributed by atoms with Gasteiger partial charge in [0.15, 0.2) is 0 Å². The van der Waals surface area contributed by atoms with Crippen molar-refractivity contribution in [3.63, 3.8) is 0 Å². The van der Waals surface area contributed by atoms with Crippen molar-refractivity contribution in [3.8, 4) is 5.75 Å². The maximum Gasteiger partial charge on any atom is 0.122 e. The highest BCUT2D eigenvalue weighted by atomic mass is 79.9. The molecule has 1 unspecified atom stereocenters. The van der Waals surface area contributed by atoms with Crippen LogP contribution >= 0.6 is 15.9 Å². The predicted octanol–water partition coefficient (Wildman–Crippen LogP) is 4.33. The molecule has 1 aliphatic rings. The molecule has 0 heterocycles. The van der Waals surface area contributed by atoms with Gasteiger partial charge in [-0.3, -0.25) is 0 Å². The molecule has 0 bridgehead atoms. The lowest BCUT2D eigenvalue weighted by Crippen LogP contribution is -2.18. The van der Waals surface area contributed by atoms with E-state index >= 15 is 0 Å². The van der Waals surface area contributed by atoms with E-state index in [9.17, 15) is 5.11 Å². The largest absolute Gasteiger partial charge is 0.496 e. The van der Waals surface area contributed by atoms with E-state index in [0.29, 0.717) is 12.3 Å². The Labute approximate surface area is 124 Å². The van der Waals surface area contributed by atoms with Gasteiger partial charge in [0.25, 0.3) is 0 Å².